The van der Waals surface area contributed by atoms with Gasteiger partial charge in [0, 0.05) is 38.0 Å². The number of pyridine rings is 1. The highest BCUT2D eigenvalue weighted by Gasteiger charge is 2.26. The monoisotopic (exact) mass is 340 g/mol. The molecule has 0 aromatic carbocycles. The van der Waals surface area contributed by atoms with Gasteiger partial charge in [-0.2, -0.15) is 5.10 Å². The minimum absolute atomic E-state index is 0.00983. The Morgan fingerprint density at radius 2 is 2.04 bits per heavy atom. The van der Waals surface area contributed by atoms with Gasteiger partial charge in [0.05, 0.1) is 12.2 Å². The van der Waals surface area contributed by atoms with E-state index < -0.39 is 0 Å². The summed E-state index contributed by atoms with van der Waals surface area (Å²) in [6.07, 6.45) is 7.20. The quantitative estimate of drug-likeness (QED) is 0.836. The van der Waals surface area contributed by atoms with Crippen LogP contribution in [0.25, 0.3) is 0 Å². The first-order chi connectivity index (χ1) is 12.1. The fourth-order valence-electron chi connectivity index (χ4n) is 4.06. The molecule has 2 aromatic heterocycles. The molecule has 0 bridgehead atoms. The minimum Gasteiger partial charge on any atom is -0.318 e. The molecule has 25 heavy (non-hydrogen) atoms. The van der Waals surface area contributed by atoms with Crippen LogP contribution < -0.4 is 11.1 Å². The van der Waals surface area contributed by atoms with Gasteiger partial charge in [-0.3, -0.25) is 14.5 Å². The third-order valence-corrected chi connectivity index (χ3v) is 5.44. The third kappa shape index (κ3) is 3.31. The molecule has 1 saturated heterocycles. The minimum atomic E-state index is 0.00983. The predicted molar refractivity (Wildman–Crippen MR) is 95.6 cm³/mol. The molecule has 1 aliphatic carbocycles. The summed E-state index contributed by atoms with van der Waals surface area (Å²) in [7, 11) is 1.78. The highest BCUT2D eigenvalue weighted by molar-refractivity contribution is 5.22. The summed E-state index contributed by atoms with van der Waals surface area (Å²) in [4.78, 5) is 26.3. The number of aromatic nitrogens is 3. The van der Waals surface area contributed by atoms with E-state index in [9.17, 15) is 9.59 Å². The molecular weight excluding hydrogens is 316 g/mol. The second-order valence-corrected chi connectivity index (χ2v) is 7.24. The molecule has 1 fully saturated rings. The number of nitrogens with zero attached hydrogens (tertiary/aromatic N) is 4. The molecule has 132 valence electrons. The number of aryl methyl sites for hydroxylation is 3. The number of fused-ring (bicyclic) bond motifs is 1. The highest BCUT2D eigenvalue weighted by atomic mass is 16.1. The summed E-state index contributed by atoms with van der Waals surface area (Å²) in [6, 6.07) is 5.62. The topological polar surface area (TPSA) is 60.1 Å². The van der Waals surface area contributed by atoms with Crippen LogP contribution in [0.3, 0.4) is 0 Å². The summed E-state index contributed by atoms with van der Waals surface area (Å²) in [5.74, 6) is 0. The number of hydrogen-bond donors (Lipinski definition) is 0. The Bertz CT molecular complexity index is 899. The van der Waals surface area contributed by atoms with Crippen LogP contribution in [0.1, 0.15) is 36.1 Å². The highest BCUT2D eigenvalue weighted by Crippen LogP contribution is 2.22. The first-order valence-electron chi connectivity index (χ1n) is 9.10. The van der Waals surface area contributed by atoms with Gasteiger partial charge < -0.3 is 4.57 Å². The zero-order valence-electron chi connectivity index (χ0n) is 14.6. The van der Waals surface area contributed by atoms with Gasteiger partial charge in [0.1, 0.15) is 0 Å². The zero-order chi connectivity index (χ0) is 17.4. The summed E-state index contributed by atoms with van der Waals surface area (Å²) >= 11 is 0. The van der Waals surface area contributed by atoms with E-state index in [0.717, 1.165) is 62.0 Å². The first-order valence-corrected chi connectivity index (χ1v) is 9.10. The molecule has 1 atom stereocenters. The molecule has 2 aromatic rings. The largest absolute Gasteiger partial charge is 0.318 e. The maximum absolute atomic E-state index is 12.4. The zero-order valence-corrected chi connectivity index (χ0v) is 14.6. The van der Waals surface area contributed by atoms with E-state index in [1.165, 1.54) is 0 Å². The van der Waals surface area contributed by atoms with E-state index in [1.807, 2.05) is 12.3 Å². The molecular formula is C19H24N4O2. The van der Waals surface area contributed by atoms with Gasteiger partial charge in [0.15, 0.2) is 0 Å². The van der Waals surface area contributed by atoms with E-state index in [2.05, 4.69) is 10.00 Å². The summed E-state index contributed by atoms with van der Waals surface area (Å²) < 4.78 is 3.28. The second-order valence-electron chi connectivity index (χ2n) is 7.24. The van der Waals surface area contributed by atoms with E-state index in [0.29, 0.717) is 12.6 Å². The molecule has 0 amide bonds. The normalized spacial score (nSPS) is 20.1. The fraction of sp³-hybridized carbons (Fsp3) is 0.526. The van der Waals surface area contributed by atoms with Crippen molar-refractivity contribution in [2.45, 2.75) is 51.2 Å². The van der Waals surface area contributed by atoms with E-state index in [-0.39, 0.29) is 11.1 Å². The van der Waals surface area contributed by atoms with Crippen LogP contribution in [0.5, 0.6) is 0 Å². The molecule has 4 rings (SSSR count). The van der Waals surface area contributed by atoms with Crippen LogP contribution in [0.4, 0.5) is 0 Å². The second kappa shape index (κ2) is 6.59. The molecule has 0 spiro atoms. The van der Waals surface area contributed by atoms with Crippen LogP contribution >= 0.6 is 0 Å². The Kier molecular flexibility index (Phi) is 4.29. The number of hydrogen-bond acceptors (Lipinski definition) is 4. The van der Waals surface area contributed by atoms with Crippen molar-refractivity contribution in [3.05, 3.63) is 61.9 Å². The van der Waals surface area contributed by atoms with E-state index >= 15 is 0 Å². The van der Waals surface area contributed by atoms with Crippen LogP contribution in [-0.4, -0.2) is 31.8 Å². The Balaban J connectivity index is 1.51. The lowest BCUT2D eigenvalue weighted by molar-refractivity contribution is 0.216. The average Bonchev–Trinajstić information content (AvgIpc) is 3.21. The average molecular weight is 340 g/mol. The van der Waals surface area contributed by atoms with Crippen molar-refractivity contribution in [3.63, 3.8) is 0 Å². The molecule has 1 aliphatic heterocycles. The third-order valence-electron chi connectivity index (χ3n) is 5.44. The summed E-state index contributed by atoms with van der Waals surface area (Å²) in [5.41, 5.74) is 3.39. The predicted octanol–water partition coefficient (Wildman–Crippen LogP) is 1.10. The molecule has 2 aliphatic rings. The Labute approximate surface area is 146 Å². The van der Waals surface area contributed by atoms with Gasteiger partial charge >= 0.3 is 0 Å². The van der Waals surface area contributed by atoms with Crippen LogP contribution in [-0.2, 0) is 33.0 Å². The smallest absolute Gasteiger partial charge is 0.267 e. The number of rotatable bonds is 4. The van der Waals surface area contributed by atoms with Gasteiger partial charge in [-0.15, -0.1) is 0 Å². The Morgan fingerprint density at radius 1 is 1.16 bits per heavy atom. The van der Waals surface area contributed by atoms with Crippen molar-refractivity contribution in [1.82, 2.24) is 19.2 Å². The maximum Gasteiger partial charge on any atom is 0.267 e. The van der Waals surface area contributed by atoms with Crippen molar-refractivity contribution in [2.75, 3.05) is 6.54 Å². The Hall–Kier alpha value is -2.21. The van der Waals surface area contributed by atoms with Crippen molar-refractivity contribution < 1.29 is 0 Å². The van der Waals surface area contributed by atoms with Gasteiger partial charge in [0.2, 0.25) is 5.56 Å². The number of likely N-dealkylation sites (tertiary alicyclic amines) is 1. The standard InChI is InChI=1S/C19H24N4O2/c1-21-11-14(7-8-18(21)24)12-22-9-3-5-16(22)13-23-19(25)10-15-4-2-6-17(15)20-23/h7-8,10-11,16H,2-6,9,12-13H2,1H3. The van der Waals surface area contributed by atoms with Crippen LogP contribution in [0.15, 0.2) is 34.0 Å². The molecule has 0 radical (unpaired) electrons. The van der Waals surface area contributed by atoms with Gasteiger partial charge in [-0.1, -0.05) is 6.07 Å². The molecule has 3 heterocycles. The first kappa shape index (κ1) is 16.3. The Morgan fingerprint density at radius 3 is 2.88 bits per heavy atom. The lowest BCUT2D eigenvalue weighted by Gasteiger charge is -2.25. The van der Waals surface area contributed by atoms with Crippen molar-refractivity contribution in [1.29, 1.82) is 0 Å². The van der Waals surface area contributed by atoms with Crippen molar-refractivity contribution >= 4 is 0 Å². The van der Waals surface area contributed by atoms with Crippen molar-refractivity contribution in [2.24, 2.45) is 7.05 Å². The van der Waals surface area contributed by atoms with Gasteiger partial charge in [-0.25, -0.2) is 4.68 Å². The van der Waals surface area contributed by atoms with Crippen LogP contribution in [0.2, 0.25) is 0 Å². The van der Waals surface area contributed by atoms with E-state index in [4.69, 9.17) is 0 Å². The maximum atomic E-state index is 12.4. The fourth-order valence-corrected chi connectivity index (χ4v) is 4.06. The summed E-state index contributed by atoms with van der Waals surface area (Å²) in [5, 5.41) is 4.62. The molecule has 6 nitrogen and oxygen atoms in total. The SMILES string of the molecule is Cn1cc(CN2CCCC2Cn2nc3c(cc2=O)CCC3)ccc1=O. The molecule has 0 N–H and O–H groups in total. The molecule has 6 heteroatoms. The van der Waals surface area contributed by atoms with Gasteiger partial charge in [0.25, 0.3) is 5.56 Å². The molecule has 1 unspecified atom stereocenters. The van der Waals surface area contributed by atoms with E-state index in [1.54, 1.807) is 28.4 Å². The van der Waals surface area contributed by atoms with Crippen LogP contribution in [0, 0.1) is 0 Å². The summed E-state index contributed by atoms with van der Waals surface area (Å²) in [6.45, 7) is 2.48. The lowest BCUT2D eigenvalue weighted by Crippen LogP contribution is -2.37. The van der Waals surface area contributed by atoms with Gasteiger partial charge in [-0.05, 0) is 49.8 Å². The van der Waals surface area contributed by atoms with Crippen molar-refractivity contribution in [3.8, 4) is 0 Å². The molecule has 0 saturated carbocycles. The lowest BCUT2D eigenvalue weighted by atomic mass is 10.2.